The molecule has 0 saturated heterocycles. The molecule has 1 amide bonds. The smallest absolute Gasteiger partial charge is 0.225 e. The summed E-state index contributed by atoms with van der Waals surface area (Å²) >= 11 is 0. The number of unbranched alkanes of at least 4 members (excludes halogenated alkanes) is 2. The van der Waals surface area contributed by atoms with Gasteiger partial charge in [0, 0.05) is 34.4 Å². The van der Waals surface area contributed by atoms with Crippen LogP contribution < -0.4 is 5.32 Å². The SMILES string of the molecule is CCCCCS(=O)CCC(=O)Nc1ccc(C#N)cc1. The topological polar surface area (TPSA) is 70.0 Å². The maximum absolute atomic E-state index is 11.7. The summed E-state index contributed by atoms with van der Waals surface area (Å²) in [5.74, 6) is 0.947. The molecule has 1 aromatic carbocycles. The van der Waals surface area contributed by atoms with Crippen molar-refractivity contribution in [3.05, 3.63) is 29.8 Å². The van der Waals surface area contributed by atoms with Gasteiger partial charge >= 0.3 is 0 Å². The van der Waals surface area contributed by atoms with Crippen LogP contribution in [0.5, 0.6) is 0 Å². The third-order valence-electron chi connectivity index (χ3n) is 2.83. The Labute approximate surface area is 122 Å². The van der Waals surface area contributed by atoms with Crippen molar-refractivity contribution in [2.24, 2.45) is 0 Å². The van der Waals surface area contributed by atoms with Crippen molar-refractivity contribution >= 4 is 22.4 Å². The van der Waals surface area contributed by atoms with Gasteiger partial charge in [-0.15, -0.1) is 0 Å². The van der Waals surface area contributed by atoms with Gasteiger partial charge < -0.3 is 5.32 Å². The zero-order valence-electron chi connectivity index (χ0n) is 11.7. The summed E-state index contributed by atoms with van der Waals surface area (Å²) in [7, 11) is -0.909. The first-order valence-electron chi connectivity index (χ1n) is 6.80. The van der Waals surface area contributed by atoms with E-state index in [1.807, 2.05) is 6.07 Å². The van der Waals surface area contributed by atoms with Crippen molar-refractivity contribution in [1.29, 1.82) is 5.26 Å². The first-order chi connectivity index (χ1) is 9.65. The molecule has 1 atom stereocenters. The first kappa shape index (κ1) is 16.4. The van der Waals surface area contributed by atoms with Crippen LogP contribution in [-0.4, -0.2) is 21.6 Å². The quantitative estimate of drug-likeness (QED) is 0.749. The highest BCUT2D eigenvalue weighted by molar-refractivity contribution is 7.84. The third kappa shape index (κ3) is 6.48. The summed E-state index contributed by atoms with van der Waals surface area (Å²) < 4.78 is 11.7. The van der Waals surface area contributed by atoms with E-state index >= 15 is 0 Å². The van der Waals surface area contributed by atoms with E-state index in [-0.39, 0.29) is 12.3 Å². The van der Waals surface area contributed by atoms with Gasteiger partial charge in [-0.2, -0.15) is 5.26 Å². The van der Waals surface area contributed by atoms with Crippen LogP contribution in [0.15, 0.2) is 24.3 Å². The van der Waals surface area contributed by atoms with Gasteiger partial charge in [0.15, 0.2) is 0 Å². The van der Waals surface area contributed by atoms with Gasteiger partial charge in [0.05, 0.1) is 11.6 Å². The number of hydrogen-bond acceptors (Lipinski definition) is 3. The van der Waals surface area contributed by atoms with E-state index in [2.05, 4.69) is 12.2 Å². The fraction of sp³-hybridized carbons (Fsp3) is 0.467. The molecule has 0 spiro atoms. The fourth-order valence-electron chi connectivity index (χ4n) is 1.67. The number of rotatable bonds is 8. The number of nitrogens with zero attached hydrogens (tertiary/aromatic N) is 1. The standard InChI is InChI=1S/C15H20N2O2S/c1-2-3-4-10-20(19)11-9-15(18)17-14-7-5-13(12-16)6-8-14/h5-8H,2-4,9-11H2,1H3,(H,17,18). The molecule has 1 aromatic rings. The average Bonchev–Trinajstić information content (AvgIpc) is 2.46. The number of nitriles is 1. The van der Waals surface area contributed by atoms with E-state index in [1.54, 1.807) is 24.3 Å². The highest BCUT2D eigenvalue weighted by Crippen LogP contribution is 2.09. The molecular weight excluding hydrogens is 272 g/mol. The van der Waals surface area contributed by atoms with E-state index in [0.717, 1.165) is 19.3 Å². The molecule has 0 bridgehead atoms. The Morgan fingerprint density at radius 1 is 1.25 bits per heavy atom. The molecule has 0 saturated carbocycles. The minimum atomic E-state index is -0.909. The second-order valence-corrected chi connectivity index (χ2v) is 6.24. The summed E-state index contributed by atoms with van der Waals surface area (Å²) in [5, 5.41) is 11.4. The Balaban J connectivity index is 2.29. The molecule has 4 nitrogen and oxygen atoms in total. The minimum absolute atomic E-state index is 0.140. The summed E-state index contributed by atoms with van der Waals surface area (Å²) in [6.07, 6.45) is 3.42. The number of amides is 1. The number of anilines is 1. The van der Waals surface area contributed by atoms with Crippen LogP contribution in [-0.2, 0) is 15.6 Å². The maximum Gasteiger partial charge on any atom is 0.225 e. The molecular formula is C15H20N2O2S. The van der Waals surface area contributed by atoms with Crippen LogP contribution in [0.1, 0.15) is 38.2 Å². The summed E-state index contributed by atoms with van der Waals surface area (Å²) in [4.78, 5) is 11.7. The van der Waals surface area contributed by atoms with Crippen molar-refractivity contribution in [2.75, 3.05) is 16.8 Å². The number of carbonyl (C=O) groups is 1. The average molecular weight is 292 g/mol. The lowest BCUT2D eigenvalue weighted by molar-refractivity contribution is -0.115. The third-order valence-corrected chi connectivity index (χ3v) is 4.23. The van der Waals surface area contributed by atoms with Gasteiger partial charge in [-0.25, -0.2) is 0 Å². The van der Waals surface area contributed by atoms with Crippen LogP contribution in [0.25, 0.3) is 0 Å². The molecule has 0 heterocycles. The van der Waals surface area contributed by atoms with Crippen molar-refractivity contribution in [1.82, 2.24) is 0 Å². The van der Waals surface area contributed by atoms with Gasteiger partial charge in [0.2, 0.25) is 5.91 Å². The van der Waals surface area contributed by atoms with Gasteiger partial charge in [-0.05, 0) is 30.7 Å². The van der Waals surface area contributed by atoms with E-state index in [4.69, 9.17) is 5.26 Å². The minimum Gasteiger partial charge on any atom is -0.326 e. The summed E-state index contributed by atoms with van der Waals surface area (Å²) in [6.45, 7) is 2.11. The predicted molar refractivity (Wildman–Crippen MR) is 81.8 cm³/mol. The summed E-state index contributed by atoms with van der Waals surface area (Å²) in [5.41, 5.74) is 1.21. The molecule has 20 heavy (non-hydrogen) atoms. The van der Waals surface area contributed by atoms with Gasteiger partial charge in [-0.3, -0.25) is 9.00 Å². The monoisotopic (exact) mass is 292 g/mol. The van der Waals surface area contributed by atoms with Crippen LogP contribution in [0, 0.1) is 11.3 Å². The van der Waals surface area contributed by atoms with Crippen LogP contribution in [0.3, 0.4) is 0 Å². The molecule has 5 heteroatoms. The zero-order chi connectivity index (χ0) is 14.8. The molecule has 0 radical (unpaired) electrons. The lowest BCUT2D eigenvalue weighted by Crippen LogP contribution is -2.15. The van der Waals surface area contributed by atoms with Gasteiger partial charge in [0.25, 0.3) is 0 Å². The Bertz CT molecular complexity index is 492. The number of nitrogens with one attached hydrogen (secondary N) is 1. The largest absolute Gasteiger partial charge is 0.326 e. The van der Waals surface area contributed by atoms with Crippen LogP contribution >= 0.6 is 0 Å². The maximum atomic E-state index is 11.7. The fourth-order valence-corrected chi connectivity index (χ4v) is 2.82. The van der Waals surface area contributed by atoms with E-state index in [0.29, 0.717) is 22.8 Å². The van der Waals surface area contributed by atoms with Gasteiger partial charge in [-0.1, -0.05) is 19.8 Å². The Morgan fingerprint density at radius 3 is 2.55 bits per heavy atom. The molecule has 1 rings (SSSR count). The van der Waals surface area contributed by atoms with Crippen LogP contribution in [0.2, 0.25) is 0 Å². The first-order valence-corrected chi connectivity index (χ1v) is 8.29. The Kier molecular flexibility index (Phi) is 7.59. The van der Waals surface area contributed by atoms with Crippen molar-refractivity contribution in [2.45, 2.75) is 32.6 Å². The molecule has 0 aliphatic heterocycles. The second kappa shape index (κ2) is 9.27. The molecule has 0 aromatic heterocycles. The molecule has 0 aliphatic carbocycles. The van der Waals surface area contributed by atoms with Crippen molar-refractivity contribution in [3.8, 4) is 6.07 Å². The normalized spacial score (nSPS) is 11.6. The van der Waals surface area contributed by atoms with Crippen molar-refractivity contribution < 1.29 is 9.00 Å². The molecule has 0 aliphatic rings. The Morgan fingerprint density at radius 2 is 1.95 bits per heavy atom. The highest BCUT2D eigenvalue weighted by atomic mass is 32.2. The van der Waals surface area contributed by atoms with Crippen LogP contribution in [0.4, 0.5) is 5.69 Å². The predicted octanol–water partition coefficient (Wildman–Crippen LogP) is 2.83. The molecule has 1 N–H and O–H groups in total. The van der Waals surface area contributed by atoms with E-state index < -0.39 is 10.8 Å². The molecule has 0 fully saturated rings. The van der Waals surface area contributed by atoms with E-state index in [1.165, 1.54) is 0 Å². The number of carbonyl (C=O) groups excluding carboxylic acids is 1. The zero-order valence-corrected chi connectivity index (χ0v) is 12.5. The Hall–Kier alpha value is -1.67. The lowest BCUT2D eigenvalue weighted by atomic mass is 10.2. The second-order valence-electron chi connectivity index (χ2n) is 4.54. The number of hydrogen-bond donors (Lipinski definition) is 1. The van der Waals surface area contributed by atoms with E-state index in [9.17, 15) is 9.00 Å². The lowest BCUT2D eigenvalue weighted by Gasteiger charge is -2.05. The number of benzene rings is 1. The van der Waals surface area contributed by atoms with Gasteiger partial charge in [0.1, 0.15) is 0 Å². The summed E-state index contributed by atoms with van der Waals surface area (Å²) in [6, 6.07) is 8.70. The molecule has 1 unspecified atom stereocenters. The van der Waals surface area contributed by atoms with Crippen molar-refractivity contribution in [3.63, 3.8) is 0 Å². The molecule has 108 valence electrons. The highest BCUT2D eigenvalue weighted by Gasteiger charge is 2.06.